The normalized spacial score (nSPS) is 14.7. The van der Waals surface area contributed by atoms with Crippen LogP contribution in [-0.2, 0) is 9.59 Å². The highest BCUT2D eigenvalue weighted by Gasteiger charge is 2.35. The lowest BCUT2D eigenvalue weighted by Crippen LogP contribution is -2.36. The van der Waals surface area contributed by atoms with E-state index in [1.165, 1.54) is 13.2 Å². The summed E-state index contributed by atoms with van der Waals surface area (Å²) < 4.78 is 10.9. The number of hydrogen-bond acceptors (Lipinski definition) is 7. The van der Waals surface area contributed by atoms with Gasteiger partial charge in [-0.05, 0) is 52.4 Å². The number of esters is 1. The van der Waals surface area contributed by atoms with E-state index >= 15 is 0 Å². The minimum Gasteiger partial charge on any atom is -0.493 e. The van der Waals surface area contributed by atoms with Gasteiger partial charge in [-0.25, -0.2) is 4.79 Å². The first kappa shape index (κ1) is 22.1. The number of primary amides is 1. The molecule has 2 N–H and O–H groups in total. The second-order valence-electron chi connectivity index (χ2n) is 7.06. The van der Waals surface area contributed by atoms with Crippen LogP contribution in [0.15, 0.2) is 65.6 Å². The van der Waals surface area contributed by atoms with Gasteiger partial charge in [0.15, 0.2) is 11.5 Å². The molecule has 1 aliphatic rings. The number of methoxy groups -OCH3 is 1. The molecule has 0 spiro atoms. The number of amides is 3. The van der Waals surface area contributed by atoms with Crippen molar-refractivity contribution in [2.45, 2.75) is 0 Å². The second kappa shape index (κ2) is 9.17. The van der Waals surface area contributed by atoms with Crippen LogP contribution < -0.4 is 15.2 Å². The van der Waals surface area contributed by atoms with E-state index in [1.54, 1.807) is 30.3 Å². The number of ether oxygens (including phenoxy) is 2. The van der Waals surface area contributed by atoms with E-state index in [1.807, 2.05) is 30.3 Å². The fourth-order valence-electron chi connectivity index (χ4n) is 3.36. The van der Waals surface area contributed by atoms with Crippen molar-refractivity contribution >= 4 is 51.6 Å². The molecule has 4 rings (SSSR count). The molecule has 9 heteroatoms. The molecule has 1 saturated heterocycles. The molecule has 33 heavy (non-hydrogen) atoms. The fourth-order valence-corrected chi connectivity index (χ4v) is 4.20. The number of thioether (sulfide) groups is 1. The molecule has 0 saturated carbocycles. The van der Waals surface area contributed by atoms with Gasteiger partial charge in [0.2, 0.25) is 5.91 Å². The molecule has 3 aromatic carbocycles. The summed E-state index contributed by atoms with van der Waals surface area (Å²) >= 11 is 0.710. The van der Waals surface area contributed by atoms with E-state index in [-0.39, 0.29) is 16.4 Å². The Hall–Kier alpha value is -4.11. The van der Waals surface area contributed by atoms with Crippen LogP contribution in [0.4, 0.5) is 4.79 Å². The van der Waals surface area contributed by atoms with Crippen molar-refractivity contribution in [3.05, 3.63) is 76.7 Å². The molecule has 1 fully saturated rings. The van der Waals surface area contributed by atoms with Gasteiger partial charge in [-0.1, -0.05) is 42.5 Å². The van der Waals surface area contributed by atoms with Gasteiger partial charge in [0.1, 0.15) is 6.54 Å². The van der Waals surface area contributed by atoms with Gasteiger partial charge < -0.3 is 15.2 Å². The molecule has 3 aromatic rings. The topological polar surface area (TPSA) is 116 Å². The SMILES string of the molecule is COc1cc(/C=C2\SC(=O)N(CC(N)=O)C2=O)ccc1OC(=O)c1cccc2ccccc12. The Morgan fingerprint density at radius 1 is 1.03 bits per heavy atom. The van der Waals surface area contributed by atoms with E-state index in [9.17, 15) is 19.2 Å². The molecule has 0 bridgehead atoms. The summed E-state index contributed by atoms with van der Waals surface area (Å²) in [7, 11) is 1.43. The highest BCUT2D eigenvalue weighted by molar-refractivity contribution is 8.18. The summed E-state index contributed by atoms with van der Waals surface area (Å²) in [6, 6.07) is 17.6. The predicted octanol–water partition coefficient (Wildman–Crippen LogP) is 3.59. The highest BCUT2D eigenvalue weighted by atomic mass is 32.2. The molecule has 0 radical (unpaired) electrons. The van der Waals surface area contributed by atoms with E-state index in [4.69, 9.17) is 15.2 Å². The number of carbonyl (C=O) groups is 4. The average molecular weight is 462 g/mol. The minimum absolute atomic E-state index is 0.142. The van der Waals surface area contributed by atoms with Gasteiger partial charge in [0.25, 0.3) is 11.1 Å². The van der Waals surface area contributed by atoms with Crippen LogP contribution in [0.5, 0.6) is 11.5 Å². The van der Waals surface area contributed by atoms with Crippen molar-refractivity contribution in [1.29, 1.82) is 0 Å². The minimum atomic E-state index is -0.780. The van der Waals surface area contributed by atoms with Gasteiger partial charge in [-0.2, -0.15) is 0 Å². The molecule has 0 aromatic heterocycles. The number of carbonyl (C=O) groups excluding carboxylic acids is 4. The number of nitrogens with two attached hydrogens (primary N) is 1. The van der Waals surface area contributed by atoms with Crippen molar-refractivity contribution in [1.82, 2.24) is 4.90 Å². The molecule has 8 nitrogen and oxygen atoms in total. The van der Waals surface area contributed by atoms with E-state index < -0.39 is 29.6 Å². The maximum absolute atomic E-state index is 12.8. The first-order valence-electron chi connectivity index (χ1n) is 9.79. The molecule has 3 amide bonds. The van der Waals surface area contributed by atoms with Crippen molar-refractivity contribution in [3.63, 3.8) is 0 Å². The zero-order valence-electron chi connectivity index (χ0n) is 17.4. The van der Waals surface area contributed by atoms with E-state index in [2.05, 4.69) is 0 Å². The van der Waals surface area contributed by atoms with Crippen LogP contribution in [0.2, 0.25) is 0 Å². The Bertz CT molecular complexity index is 1330. The number of fused-ring (bicyclic) bond motifs is 1. The summed E-state index contributed by atoms with van der Waals surface area (Å²) in [4.78, 5) is 49.2. The number of nitrogens with zero attached hydrogens (tertiary/aromatic N) is 1. The van der Waals surface area contributed by atoms with Gasteiger partial charge in [-0.3, -0.25) is 19.3 Å². The predicted molar refractivity (Wildman–Crippen MR) is 124 cm³/mol. The Morgan fingerprint density at radius 3 is 2.55 bits per heavy atom. The van der Waals surface area contributed by atoms with Crippen LogP contribution in [0.1, 0.15) is 15.9 Å². The first-order chi connectivity index (χ1) is 15.9. The Morgan fingerprint density at radius 2 is 1.79 bits per heavy atom. The van der Waals surface area contributed by atoms with Crippen LogP contribution >= 0.6 is 11.8 Å². The van der Waals surface area contributed by atoms with Crippen molar-refractivity contribution in [2.75, 3.05) is 13.7 Å². The fraction of sp³-hybridized carbons (Fsp3) is 0.0833. The molecular weight excluding hydrogens is 444 g/mol. The molecule has 1 heterocycles. The van der Waals surface area contributed by atoms with E-state index in [0.717, 1.165) is 15.7 Å². The van der Waals surface area contributed by atoms with Crippen LogP contribution in [0.3, 0.4) is 0 Å². The number of imide groups is 1. The smallest absolute Gasteiger partial charge is 0.344 e. The maximum atomic E-state index is 12.8. The van der Waals surface area contributed by atoms with Crippen LogP contribution in [0, 0.1) is 0 Å². The zero-order chi connectivity index (χ0) is 23.5. The quantitative estimate of drug-likeness (QED) is 0.338. The lowest BCUT2D eigenvalue weighted by Gasteiger charge is -2.11. The number of rotatable bonds is 6. The molecular formula is C24H18N2O6S. The summed E-state index contributed by atoms with van der Waals surface area (Å²) in [5.41, 5.74) is 6.05. The average Bonchev–Trinajstić information content (AvgIpc) is 3.06. The van der Waals surface area contributed by atoms with Gasteiger partial charge in [0.05, 0.1) is 17.6 Å². The Balaban J connectivity index is 1.58. The molecule has 0 aliphatic carbocycles. The monoisotopic (exact) mass is 462 g/mol. The molecule has 1 aliphatic heterocycles. The second-order valence-corrected chi connectivity index (χ2v) is 8.05. The third kappa shape index (κ3) is 4.58. The van der Waals surface area contributed by atoms with E-state index in [0.29, 0.717) is 22.9 Å². The lowest BCUT2D eigenvalue weighted by molar-refractivity contribution is -0.127. The summed E-state index contributed by atoms with van der Waals surface area (Å²) in [6.45, 7) is -0.478. The summed E-state index contributed by atoms with van der Waals surface area (Å²) in [6.07, 6.45) is 1.49. The molecule has 0 unspecified atom stereocenters. The third-order valence-electron chi connectivity index (χ3n) is 4.89. The van der Waals surface area contributed by atoms with Crippen molar-refractivity contribution in [2.24, 2.45) is 5.73 Å². The Labute approximate surface area is 192 Å². The maximum Gasteiger partial charge on any atom is 0.344 e. The first-order valence-corrected chi connectivity index (χ1v) is 10.6. The number of benzene rings is 3. The summed E-state index contributed by atoms with van der Waals surface area (Å²) in [5, 5.41) is 1.12. The number of hydrogen-bond donors (Lipinski definition) is 1. The molecule has 166 valence electrons. The van der Waals surface area contributed by atoms with Gasteiger partial charge in [0, 0.05) is 0 Å². The summed E-state index contributed by atoms with van der Waals surface area (Å²) in [5.74, 6) is -1.44. The Kier molecular flexibility index (Phi) is 6.14. The molecule has 0 atom stereocenters. The largest absolute Gasteiger partial charge is 0.493 e. The van der Waals surface area contributed by atoms with Crippen LogP contribution in [0.25, 0.3) is 16.8 Å². The van der Waals surface area contributed by atoms with Gasteiger partial charge in [-0.15, -0.1) is 0 Å². The third-order valence-corrected chi connectivity index (χ3v) is 5.79. The van der Waals surface area contributed by atoms with Crippen molar-refractivity contribution < 1.29 is 28.7 Å². The zero-order valence-corrected chi connectivity index (χ0v) is 18.3. The van der Waals surface area contributed by atoms with Crippen LogP contribution in [-0.4, -0.2) is 41.6 Å². The standard InChI is InChI=1S/C24H18N2O6S/c1-31-19-11-14(12-20-22(28)26(13-21(25)27)24(30)33-20)9-10-18(19)32-23(29)17-8-4-6-15-5-2-3-7-16(15)17/h2-12H,13H2,1H3,(H2,25,27)/b20-12-. The van der Waals surface area contributed by atoms with Crippen molar-refractivity contribution in [3.8, 4) is 11.5 Å². The highest BCUT2D eigenvalue weighted by Crippen LogP contribution is 2.35. The lowest BCUT2D eigenvalue weighted by atomic mass is 10.0. The van der Waals surface area contributed by atoms with Gasteiger partial charge >= 0.3 is 5.97 Å².